The molecule has 28 heavy (non-hydrogen) atoms. The molecule has 1 aliphatic rings. The molecule has 1 fully saturated rings. The number of rotatable bonds is 3. The van der Waals surface area contributed by atoms with Gasteiger partial charge in [-0.25, -0.2) is 4.98 Å². The van der Waals surface area contributed by atoms with Crippen molar-refractivity contribution in [1.29, 1.82) is 0 Å². The van der Waals surface area contributed by atoms with E-state index in [9.17, 15) is 13.2 Å². The Labute approximate surface area is 160 Å². The Morgan fingerprint density at radius 2 is 2.00 bits per heavy atom. The van der Waals surface area contributed by atoms with E-state index in [1.165, 1.54) is 6.92 Å². The highest BCUT2D eigenvalue weighted by Gasteiger charge is 2.37. The molecular weight excluding hydrogens is 369 g/mol. The lowest BCUT2D eigenvalue weighted by atomic mass is 9.91. The van der Waals surface area contributed by atoms with Crippen LogP contribution < -0.4 is 0 Å². The third-order valence-corrected chi connectivity index (χ3v) is 5.13. The summed E-state index contributed by atoms with van der Waals surface area (Å²) in [6.45, 7) is 5.62. The lowest BCUT2D eigenvalue weighted by molar-refractivity contribution is -0.136. The SMILES string of the molecule is Cc1cccc(CN2CCCC(c3noc4nc(C)cc(C(F)(F)F)c34)C2)n1. The molecule has 8 heteroatoms. The zero-order valence-electron chi connectivity index (χ0n) is 15.8. The van der Waals surface area contributed by atoms with Gasteiger partial charge in [0.1, 0.15) is 0 Å². The van der Waals surface area contributed by atoms with E-state index in [-0.39, 0.29) is 22.7 Å². The molecule has 0 bridgehead atoms. The van der Waals surface area contributed by atoms with Gasteiger partial charge in [-0.3, -0.25) is 9.88 Å². The smallest absolute Gasteiger partial charge is 0.336 e. The van der Waals surface area contributed by atoms with Gasteiger partial charge in [0, 0.05) is 30.4 Å². The number of piperidine rings is 1. The average Bonchev–Trinajstić information content (AvgIpc) is 3.04. The van der Waals surface area contributed by atoms with Gasteiger partial charge in [0.05, 0.1) is 22.3 Å². The Bertz CT molecular complexity index is 999. The second-order valence-corrected chi connectivity index (χ2v) is 7.40. The molecule has 3 aromatic rings. The van der Waals surface area contributed by atoms with E-state index in [0.29, 0.717) is 18.8 Å². The van der Waals surface area contributed by atoms with Crippen LogP contribution >= 0.6 is 0 Å². The molecule has 4 rings (SSSR count). The first-order valence-corrected chi connectivity index (χ1v) is 9.30. The molecule has 0 saturated carbocycles. The molecule has 148 valence electrons. The topological polar surface area (TPSA) is 55.1 Å². The maximum absolute atomic E-state index is 13.6. The zero-order chi connectivity index (χ0) is 19.9. The van der Waals surface area contributed by atoms with Crippen molar-refractivity contribution in [3.63, 3.8) is 0 Å². The van der Waals surface area contributed by atoms with Crippen molar-refractivity contribution in [2.24, 2.45) is 0 Å². The number of nitrogens with zero attached hydrogens (tertiary/aromatic N) is 4. The van der Waals surface area contributed by atoms with Crippen LogP contribution in [0.4, 0.5) is 13.2 Å². The van der Waals surface area contributed by atoms with E-state index in [0.717, 1.165) is 36.8 Å². The molecule has 0 aliphatic carbocycles. The molecule has 1 saturated heterocycles. The first-order chi connectivity index (χ1) is 13.3. The van der Waals surface area contributed by atoms with Gasteiger partial charge in [-0.1, -0.05) is 11.2 Å². The number of fused-ring (bicyclic) bond motifs is 1. The van der Waals surface area contributed by atoms with Crippen LogP contribution in [-0.4, -0.2) is 33.1 Å². The molecular formula is C20H21F3N4O. The van der Waals surface area contributed by atoms with Crippen LogP contribution in [0.2, 0.25) is 0 Å². The van der Waals surface area contributed by atoms with Crippen molar-refractivity contribution >= 4 is 11.1 Å². The minimum atomic E-state index is -4.48. The first kappa shape index (κ1) is 18.9. The maximum atomic E-state index is 13.6. The number of alkyl halides is 3. The normalized spacial score (nSPS) is 18.7. The van der Waals surface area contributed by atoms with Crippen LogP contribution in [0.3, 0.4) is 0 Å². The molecule has 0 radical (unpaired) electrons. The second-order valence-electron chi connectivity index (χ2n) is 7.40. The molecule has 3 aromatic heterocycles. The third kappa shape index (κ3) is 3.73. The molecule has 5 nitrogen and oxygen atoms in total. The van der Waals surface area contributed by atoms with Crippen LogP contribution in [0.1, 0.15) is 47.1 Å². The van der Waals surface area contributed by atoms with Gasteiger partial charge in [-0.05, 0) is 51.4 Å². The van der Waals surface area contributed by atoms with Crippen LogP contribution in [0, 0.1) is 13.8 Å². The van der Waals surface area contributed by atoms with Crippen molar-refractivity contribution in [3.8, 4) is 0 Å². The maximum Gasteiger partial charge on any atom is 0.417 e. The van der Waals surface area contributed by atoms with Crippen LogP contribution in [0.15, 0.2) is 28.8 Å². The van der Waals surface area contributed by atoms with E-state index < -0.39 is 11.7 Å². The third-order valence-electron chi connectivity index (χ3n) is 5.13. The van der Waals surface area contributed by atoms with Crippen LogP contribution in [0.5, 0.6) is 0 Å². The lowest BCUT2D eigenvalue weighted by Gasteiger charge is -2.31. The number of aromatic nitrogens is 3. The Morgan fingerprint density at radius 1 is 1.18 bits per heavy atom. The summed E-state index contributed by atoms with van der Waals surface area (Å²) in [6, 6.07) is 6.95. The van der Waals surface area contributed by atoms with Gasteiger partial charge in [0.25, 0.3) is 5.71 Å². The minimum Gasteiger partial charge on any atom is -0.336 e. The highest BCUT2D eigenvalue weighted by Crippen LogP contribution is 2.40. The Balaban J connectivity index is 1.64. The fourth-order valence-electron chi connectivity index (χ4n) is 3.94. The van der Waals surface area contributed by atoms with E-state index in [1.54, 1.807) is 0 Å². The van der Waals surface area contributed by atoms with E-state index >= 15 is 0 Å². The molecule has 1 unspecified atom stereocenters. The second kappa shape index (κ2) is 7.16. The zero-order valence-corrected chi connectivity index (χ0v) is 15.8. The van der Waals surface area contributed by atoms with E-state index in [4.69, 9.17) is 4.52 Å². The number of halogens is 3. The Morgan fingerprint density at radius 3 is 2.75 bits per heavy atom. The van der Waals surface area contributed by atoms with Gasteiger partial charge in [-0.2, -0.15) is 13.2 Å². The summed E-state index contributed by atoms with van der Waals surface area (Å²) in [5.41, 5.74) is 1.77. The van der Waals surface area contributed by atoms with Crippen molar-refractivity contribution in [1.82, 2.24) is 20.0 Å². The lowest BCUT2D eigenvalue weighted by Crippen LogP contribution is -2.34. The first-order valence-electron chi connectivity index (χ1n) is 9.30. The van der Waals surface area contributed by atoms with Crippen molar-refractivity contribution in [3.05, 3.63) is 52.6 Å². The largest absolute Gasteiger partial charge is 0.417 e. The summed E-state index contributed by atoms with van der Waals surface area (Å²) in [5, 5.41) is 4.01. The fraction of sp³-hybridized carbons (Fsp3) is 0.450. The van der Waals surface area contributed by atoms with Gasteiger partial charge in [-0.15, -0.1) is 0 Å². The number of hydrogen-bond donors (Lipinski definition) is 0. The van der Waals surface area contributed by atoms with Crippen LogP contribution in [-0.2, 0) is 12.7 Å². The molecule has 1 aliphatic heterocycles. The van der Waals surface area contributed by atoms with E-state index in [2.05, 4.69) is 20.0 Å². The quantitative estimate of drug-likeness (QED) is 0.653. The average molecular weight is 390 g/mol. The summed E-state index contributed by atoms with van der Waals surface area (Å²) in [5.74, 6) is -0.134. The number of pyridine rings is 2. The van der Waals surface area contributed by atoms with Crippen molar-refractivity contribution in [2.45, 2.75) is 45.3 Å². The van der Waals surface area contributed by atoms with E-state index in [1.807, 2.05) is 25.1 Å². The fourth-order valence-corrected chi connectivity index (χ4v) is 3.94. The van der Waals surface area contributed by atoms with Gasteiger partial charge < -0.3 is 4.52 Å². The molecule has 1 atom stereocenters. The van der Waals surface area contributed by atoms with Gasteiger partial charge in [0.2, 0.25) is 0 Å². The number of hydrogen-bond acceptors (Lipinski definition) is 5. The summed E-state index contributed by atoms with van der Waals surface area (Å²) in [6.07, 6.45) is -2.83. The molecule has 0 aromatic carbocycles. The monoisotopic (exact) mass is 390 g/mol. The van der Waals surface area contributed by atoms with Gasteiger partial charge in [0.15, 0.2) is 0 Å². The van der Waals surface area contributed by atoms with Crippen molar-refractivity contribution < 1.29 is 17.7 Å². The molecule has 0 spiro atoms. The minimum absolute atomic E-state index is 0.00127. The summed E-state index contributed by atoms with van der Waals surface area (Å²) in [4.78, 5) is 10.8. The summed E-state index contributed by atoms with van der Waals surface area (Å²) in [7, 11) is 0. The Hall–Kier alpha value is -2.48. The molecule has 0 N–H and O–H groups in total. The highest BCUT2D eigenvalue weighted by molar-refractivity contribution is 5.81. The standard InChI is InChI=1S/C20H21F3N4O/c1-12-5-3-7-15(24-12)11-27-8-4-6-14(10-27)18-17-16(20(21,22)23)9-13(2)25-19(17)28-26-18/h3,5,7,9,14H,4,6,8,10-11H2,1-2H3. The predicted octanol–water partition coefficient (Wildman–Crippen LogP) is 4.63. The van der Waals surface area contributed by atoms with Crippen molar-refractivity contribution in [2.75, 3.05) is 13.1 Å². The Kier molecular flexibility index (Phi) is 4.82. The highest BCUT2D eigenvalue weighted by atomic mass is 19.4. The van der Waals surface area contributed by atoms with Crippen LogP contribution in [0.25, 0.3) is 11.1 Å². The number of aryl methyl sites for hydroxylation is 2. The van der Waals surface area contributed by atoms with Gasteiger partial charge >= 0.3 is 6.18 Å². The summed E-state index contributed by atoms with van der Waals surface area (Å²) < 4.78 is 46.0. The summed E-state index contributed by atoms with van der Waals surface area (Å²) >= 11 is 0. The molecule has 4 heterocycles. The predicted molar refractivity (Wildman–Crippen MR) is 97.8 cm³/mol. The molecule has 0 amide bonds. The number of likely N-dealkylation sites (tertiary alicyclic amines) is 1.